The second-order valence-electron chi connectivity index (χ2n) is 4.68. The van der Waals surface area contributed by atoms with Crippen LogP contribution in [0.3, 0.4) is 0 Å². The molecule has 0 fully saturated rings. The van der Waals surface area contributed by atoms with Crippen molar-refractivity contribution >= 4 is 38.6 Å². The Balaban J connectivity index is 2.36. The zero-order valence-corrected chi connectivity index (χ0v) is 14.2. The third-order valence-corrected chi connectivity index (χ3v) is 6.27. The van der Waals surface area contributed by atoms with E-state index in [1.807, 2.05) is 13.8 Å². The maximum Gasteiger partial charge on any atom is 0.244 e. The lowest BCUT2D eigenvalue weighted by Gasteiger charge is -2.15. The first-order valence-corrected chi connectivity index (χ1v) is 8.90. The fourth-order valence-corrected chi connectivity index (χ4v) is 5.00. The van der Waals surface area contributed by atoms with Crippen LogP contribution in [-0.4, -0.2) is 13.4 Å². The number of halogens is 1. The summed E-state index contributed by atoms with van der Waals surface area (Å²) in [6, 6.07) is 4.21. The van der Waals surface area contributed by atoms with E-state index in [9.17, 15) is 8.42 Å². The Morgan fingerprint density at radius 3 is 2.57 bits per heavy atom. The second kappa shape index (κ2) is 5.92. The minimum atomic E-state index is -3.80. The lowest BCUT2D eigenvalue weighted by atomic mass is 10.2. The molecule has 114 valence electrons. The largest absolute Gasteiger partial charge is 0.398 e. The number of anilines is 1. The molecule has 2 aromatic rings. The number of nitrogens with zero attached hydrogens (tertiary/aromatic N) is 1. The predicted molar refractivity (Wildman–Crippen MR) is 86.2 cm³/mol. The molecular formula is C13H16ClN3O2S2. The van der Waals surface area contributed by atoms with E-state index in [1.54, 1.807) is 13.0 Å². The molecule has 2 rings (SSSR count). The zero-order chi connectivity index (χ0) is 15.8. The number of nitrogens with one attached hydrogen (secondary N) is 1. The third-order valence-electron chi connectivity index (χ3n) is 2.93. The number of sulfonamides is 1. The molecule has 21 heavy (non-hydrogen) atoms. The van der Waals surface area contributed by atoms with Gasteiger partial charge in [-0.1, -0.05) is 17.7 Å². The predicted octanol–water partition coefficient (Wildman–Crippen LogP) is 3.04. The standard InChI is InChI=1S/C13H16ClN3O2S2/c1-7-12(20-9(3)16-7)8(2)17-21(18,19)13-10(14)5-4-6-11(13)15/h4-6,8,17H,15H2,1-3H3. The molecule has 1 aromatic carbocycles. The van der Waals surface area contributed by atoms with Crippen molar-refractivity contribution in [2.24, 2.45) is 0 Å². The molecule has 0 aliphatic rings. The summed E-state index contributed by atoms with van der Waals surface area (Å²) in [7, 11) is -3.80. The van der Waals surface area contributed by atoms with E-state index >= 15 is 0 Å². The number of nitrogens with two attached hydrogens (primary N) is 1. The first-order valence-electron chi connectivity index (χ1n) is 6.22. The average Bonchev–Trinajstić information content (AvgIpc) is 2.67. The molecule has 1 aromatic heterocycles. The van der Waals surface area contributed by atoms with E-state index in [4.69, 9.17) is 17.3 Å². The highest BCUT2D eigenvalue weighted by atomic mass is 35.5. The summed E-state index contributed by atoms with van der Waals surface area (Å²) in [6.07, 6.45) is 0. The number of thiazole rings is 1. The second-order valence-corrected chi connectivity index (χ2v) is 7.98. The van der Waals surface area contributed by atoms with Crippen LogP contribution in [0.1, 0.15) is 28.5 Å². The highest BCUT2D eigenvalue weighted by Gasteiger charge is 2.25. The molecule has 0 spiro atoms. The summed E-state index contributed by atoms with van der Waals surface area (Å²) < 4.78 is 27.6. The first-order chi connectivity index (χ1) is 9.72. The number of hydrogen-bond acceptors (Lipinski definition) is 5. The van der Waals surface area contributed by atoms with Crippen LogP contribution in [0, 0.1) is 13.8 Å². The zero-order valence-electron chi connectivity index (χ0n) is 11.8. The molecule has 0 radical (unpaired) electrons. The van der Waals surface area contributed by atoms with Crippen molar-refractivity contribution < 1.29 is 8.42 Å². The van der Waals surface area contributed by atoms with Crippen molar-refractivity contribution in [3.63, 3.8) is 0 Å². The molecule has 5 nitrogen and oxygen atoms in total. The quantitative estimate of drug-likeness (QED) is 0.834. The summed E-state index contributed by atoms with van der Waals surface area (Å²) in [5.74, 6) is 0. The topological polar surface area (TPSA) is 85.1 Å². The van der Waals surface area contributed by atoms with Gasteiger partial charge in [-0.05, 0) is 32.9 Å². The van der Waals surface area contributed by atoms with Crippen LogP contribution in [0.5, 0.6) is 0 Å². The van der Waals surface area contributed by atoms with Crippen molar-refractivity contribution in [2.45, 2.75) is 31.7 Å². The van der Waals surface area contributed by atoms with Crippen LogP contribution in [0.4, 0.5) is 5.69 Å². The molecule has 1 unspecified atom stereocenters. The van der Waals surface area contributed by atoms with E-state index in [2.05, 4.69) is 9.71 Å². The minimum Gasteiger partial charge on any atom is -0.398 e. The number of nitrogen functional groups attached to an aromatic ring is 1. The normalized spacial score (nSPS) is 13.3. The summed E-state index contributed by atoms with van der Waals surface area (Å²) in [6.45, 7) is 5.51. The van der Waals surface area contributed by atoms with Crippen LogP contribution >= 0.6 is 22.9 Å². The SMILES string of the molecule is Cc1nc(C)c(C(C)NS(=O)(=O)c2c(N)cccc2Cl)s1. The van der Waals surface area contributed by atoms with Crippen molar-refractivity contribution in [2.75, 3.05) is 5.73 Å². The fraction of sp³-hybridized carbons (Fsp3) is 0.308. The molecule has 1 atom stereocenters. The number of rotatable bonds is 4. The van der Waals surface area contributed by atoms with E-state index in [0.29, 0.717) is 0 Å². The Morgan fingerprint density at radius 2 is 2.05 bits per heavy atom. The monoisotopic (exact) mass is 345 g/mol. The Kier molecular flexibility index (Phi) is 4.57. The maximum absolute atomic E-state index is 12.5. The maximum atomic E-state index is 12.5. The molecule has 0 saturated carbocycles. The van der Waals surface area contributed by atoms with Crippen LogP contribution in [0.15, 0.2) is 23.1 Å². The van der Waals surface area contributed by atoms with Gasteiger partial charge in [-0.2, -0.15) is 0 Å². The van der Waals surface area contributed by atoms with Gasteiger partial charge in [0.05, 0.1) is 27.5 Å². The van der Waals surface area contributed by atoms with Gasteiger partial charge in [0, 0.05) is 4.88 Å². The summed E-state index contributed by atoms with van der Waals surface area (Å²) in [4.78, 5) is 5.09. The molecule has 3 N–H and O–H groups in total. The first kappa shape index (κ1) is 16.2. The van der Waals surface area contributed by atoms with E-state index in [0.717, 1.165) is 15.6 Å². The van der Waals surface area contributed by atoms with Gasteiger partial charge < -0.3 is 5.73 Å². The lowest BCUT2D eigenvalue weighted by molar-refractivity contribution is 0.568. The van der Waals surface area contributed by atoms with Crippen LogP contribution < -0.4 is 10.5 Å². The minimum absolute atomic E-state index is 0.0857. The van der Waals surface area contributed by atoms with Crippen LogP contribution in [0.25, 0.3) is 0 Å². The molecule has 1 heterocycles. The average molecular weight is 346 g/mol. The van der Waals surface area contributed by atoms with Gasteiger partial charge in [0.1, 0.15) is 4.90 Å². The van der Waals surface area contributed by atoms with Gasteiger partial charge in [0.15, 0.2) is 0 Å². The van der Waals surface area contributed by atoms with E-state index < -0.39 is 16.1 Å². The fourth-order valence-electron chi connectivity index (χ4n) is 2.10. The molecule has 0 bridgehead atoms. The Labute approximate surface area is 133 Å². The number of hydrogen-bond donors (Lipinski definition) is 2. The van der Waals surface area contributed by atoms with Crippen molar-refractivity contribution in [3.05, 3.63) is 38.8 Å². The Morgan fingerprint density at radius 1 is 1.38 bits per heavy atom. The molecule has 0 amide bonds. The van der Waals surface area contributed by atoms with Crippen LogP contribution in [0.2, 0.25) is 5.02 Å². The van der Waals surface area contributed by atoms with Crippen molar-refractivity contribution in [3.8, 4) is 0 Å². The van der Waals surface area contributed by atoms with Gasteiger partial charge in [-0.3, -0.25) is 0 Å². The third kappa shape index (κ3) is 3.37. The number of aromatic nitrogens is 1. The number of aryl methyl sites for hydroxylation is 2. The highest BCUT2D eigenvalue weighted by Crippen LogP contribution is 2.30. The summed E-state index contributed by atoms with van der Waals surface area (Å²) in [5.41, 5.74) is 6.69. The van der Waals surface area contributed by atoms with E-state index in [-0.39, 0.29) is 15.6 Å². The summed E-state index contributed by atoms with van der Waals surface area (Å²) >= 11 is 7.43. The van der Waals surface area contributed by atoms with Crippen molar-refractivity contribution in [1.29, 1.82) is 0 Å². The van der Waals surface area contributed by atoms with Gasteiger partial charge >= 0.3 is 0 Å². The lowest BCUT2D eigenvalue weighted by Crippen LogP contribution is -2.27. The van der Waals surface area contributed by atoms with E-state index in [1.165, 1.54) is 23.5 Å². The smallest absolute Gasteiger partial charge is 0.244 e. The summed E-state index contributed by atoms with van der Waals surface area (Å²) in [5, 5.41) is 0.998. The highest BCUT2D eigenvalue weighted by molar-refractivity contribution is 7.89. The number of benzene rings is 1. The molecular weight excluding hydrogens is 330 g/mol. The van der Waals surface area contributed by atoms with Crippen LogP contribution in [-0.2, 0) is 10.0 Å². The van der Waals surface area contributed by atoms with Gasteiger partial charge in [0.25, 0.3) is 0 Å². The van der Waals surface area contributed by atoms with Gasteiger partial charge in [0.2, 0.25) is 10.0 Å². The Hall–Kier alpha value is -1.15. The molecule has 8 heteroatoms. The van der Waals surface area contributed by atoms with Gasteiger partial charge in [-0.25, -0.2) is 18.1 Å². The van der Waals surface area contributed by atoms with Crippen molar-refractivity contribution in [1.82, 2.24) is 9.71 Å². The molecule has 0 aliphatic heterocycles. The Bertz CT molecular complexity index is 751. The molecule has 0 saturated heterocycles. The molecule has 0 aliphatic carbocycles. The van der Waals surface area contributed by atoms with Gasteiger partial charge in [-0.15, -0.1) is 11.3 Å².